The number of sulfonamides is 1. The van der Waals surface area contributed by atoms with E-state index in [9.17, 15) is 22.0 Å². The molecule has 31 heavy (non-hydrogen) atoms. The number of benzene rings is 2. The van der Waals surface area contributed by atoms with Crippen LogP contribution in [0.2, 0.25) is 0 Å². The molecule has 0 aliphatic rings. The first kappa shape index (κ1) is 24.4. The molecule has 0 saturated heterocycles. The molecule has 1 N–H and O–H groups in total. The summed E-state index contributed by atoms with van der Waals surface area (Å²) in [5, 5.41) is 0. The van der Waals surface area contributed by atoms with Gasteiger partial charge in [0, 0.05) is 13.6 Å². The Morgan fingerprint density at radius 2 is 1.71 bits per heavy atom. The van der Waals surface area contributed by atoms with Crippen molar-refractivity contribution in [1.29, 1.82) is 0 Å². The molecule has 0 heterocycles. The average molecular weight is 458 g/mol. The van der Waals surface area contributed by atoms with Crippen molar-refractivity contribution in [3.63, 3.8) is 0 Å². The van der Waals surface area contributed by atoms with Gasteiger partial charge in [-0.05, 0) is 48.9 Å². The minimum Gasteiger partial charge on any atom is -0.497 e. The highest BCUT2D eigenvalue weighted by Crippen LogP contribution is 2.29. The van der Waals surface area contributed by atoms with Gasteiger partial charge in [-0.25, -0.2) is 8.42 Å². The summed E-state index contributed by atoms with van der Waals surface area (Å²) in [5.74, 6) is -0.0186. The quantitative estimate of drug-likeness (QED) is 0.588. The fraction of sp³-hybridized carbons (Fsp3) is 0.350. The zero-order valence-electron chi connectivity index (χ0n) is 17.5. The third-order valence-electron chi connectivity index (χ3n) is 4.31. The summed E-state index contributed by atoms with van der Waals surface area (Å²) in [6, 6.07) is 9.00. The number of halogens is 2. The van der Waals surface area contributed by atoms with Gasteiger partial charge in [0.25, 0.3) is 0 Å². The molecule has 1 atom stereocenters. The predicted octanol–water partition coefficient (Wildman–Crippen LogP) is 2.63. The minimum atomic E-state index is -3.92. The summed E-state index contributed by atoms with van der Waals surface area (Å²) in [4.78, 5) is 14.0. The number of likely N-dealkylation sites (N-methyl/N-ethyl adjacent to an activating group) is 1. The Kier molecular flexibility index (Phi) is 8.17. The molecule has 0 aliphatic carbocycles. The van der Waals surface area contributed by atoms with Gasteiger partial charge in [0.1, 0.15) is 5.75 Å². The van der Waals surface area contributed by atoms with Gasteiger partial charge in [-0.1, -0.05) is 6.07 Å². The van der Waals surface area contributed by atoms with Crippen LogP contribution in [0.4, 0.5) is 8.78 Å². The lowest BCUT2D eigenvalue weighted by Crippen LogP contribution is -2.45. The lowest BCUT2D eigenvalue weighted by Gasteiger charge is -2.22. The molecule has 1 amide bonds. The van der Waals surface area contributed by atoms with E-state index in [4.69, 9.17) is 9.47 Å². The summed E-state index contributed by atoms with van der Waals surface area (Å²) in [6.07, 6.45) is 0. The largest absolute Gasteiger partial charge is 0.497 e. The maximum Gasteiger partial charge on any atom is 0.387 e. The fourth-order valence-electron chi connectivity index (χ4n) is 2.79. The van der Waals surface area contributed by atoms with E-state index in [0.717, 1.165) is 0 Å². The number of hydrogen-bond acceptors (Lipinski definition) is 6. The lowest BCUT2D eigenvalue weighted by molar-refractivity contribution is -0.131. The zero-order valence-corrected chi connectivity index (χ0v) is 18.3. The van der Waals surface area contributed by atoms with Crippen LogP contribution in [0.3, 0.4) is 0 Å². The van der Waals surface area contributed by atoms with E-state index in [1.807, 2.05) is 0 Å². The van der Waals surface area contributed by atoms with Crippen LogP contribution < -0.4 is 18.9 Å². The van der Waals surface area contributed by atoms with Gasteiger partial charge in [0.15, 0.2) is 11.5 Å². The normalized spacial score (nSPS) is 12.4. The second kappa shape index (κ2) is 10.4. The van der Waals surface area contributed by atoms with Gasteiger partial charge in [0.05, 0.1) is 25.2 Å². The maximum absolute atomic E-state index is 12.6. The third kappa shape index (κ3) is 6.53. The van der Waals surface area contributed by atoms with Crippen LogP contribution in [0.1, 0.15) is 12.5 Å². The van der Waals surface area contributed by atoms with Crippen molar-refractivity contribution in [3.05, 3.63) is 48.0 Å². The molecule has 0 spiro atoms. The molecule has 170 valence electrons. The number of nitrogens with zero attached hydrogens (tertiary/aromatic N) is 1. The van der Waals surface area contributed by atoms with E-state index >= 15 is 0 Å². The van der Waals surface area contributed by atoms with E-state index in [-0.39, 0.29) is 22.9 Å². The Labute approximate surface area is 179 Å². The fourth-order valence-corrected chi connectivity index (χ4v) is 3.99. The van der Waals surface area contributed by atoms with E-state index in [0.29, 0.717) is 11.3 Å². The van der Waals surface area contributed by atoms with Gasteiger partial charge in [0.2, 0.25) is 15.9 Å². The van der Waals surface area contributed by atoms with Crippen molar-refractivity contribution in [2.24, 2.45) is 0 Å². The molecule has 0 bridgehead atoms. The third-order valence-corrected chi connectivity index (χ3v) is 5.87. The Morgan fingerprint density at radius 3 is 2.26 bits per heavy atom. The van der Waals surface area contributed by atoms with Crippen molar-refractivity contribution in [2.75, 3.05) is 21.3 Å². The van der Waals surface area contributed by atoms with Crippen LogP contribution >= 0.6 is 0 Å². The number of amides is 1. The zero-order chi connectivity index (χ0) is 23.2. The van der Waals surface area contributed by atoms with E-state index in [1.165, 1.54) is 75.6 Å². The molecular formula is C20H24F2N2O6S. The van der Waals surface area contributed by atoms with Crippen LogP contribution in [-0.4, -0.2) is 53.1 Å². The summed E-state index contributed by atoms with van der Waals surface area (Å²) in [7, 11) is 0.346. The van der Waals surface area contributed by atoms with Gasteiger partial charge in [-0.15, -0.1) is 0 Å². The molecule has 2 aromatic carbocycles. The molecule has 11 heteroatoms. The molecule has 0 aliphatic heterocycles. The molecule has 8 nitrogen and oxygen atoms in total. The summed E-state index contributed by atoms with van der Waals surface area (Å²) >= 11 is 0. The van der Waals surface area contributed by atoms with E-state index in [2.05, 4.69) is 9.46 Å². The monoisotopic (exact) mass is 458 g/mol. The molecule has 0 unspecified atom stereocenters. The number of rotatable bonds is 10. The minimum absolute atomic E-state index is 0.00467. The standard InChI is InChI=1S/C20H24F2N2O6S/c1-13(23-31(26,27)16-8-6-15(28-3)7-9-16)19(25)24(2)12-14-5-10-17(30-20(21)22)18(11-14)29-4/h5-11,13,20,23H,12H2,1-4H3/t13-/m0/s1. The Bertz CT molecular complexity index is 999. The molecular weight excluding hydrogens is 434 g/mol. The molecule has 0 radical (unpaired) electrons. The summed E-state index contributed by atoms with van der Waals surface area (Å²) in [5.41, 5.74) is 0.583. The van der Waals surface area contributed by atoms with E-state index in [1.54, 1.807) is 0 Å². The topological polar surface area (TPSA) is 94.2 Å². The van der Waals surface area contributed by atoms with Crippen LogP contribution in [0.15, 0.2) is 47.4 Å². The lowest BCUT2D eigenvalue weighted by atomic mass is 10.2. The second-order valence-corrected chi connectivity index (χ2v) is 8.29. The Hall–Kier alpha value is -2.92. The predicted molar refractivity (Wildman–Crippen MR) is 109 cm³/mol. The number of hydrogen-bond donors (Lipinski definition) is 1. The Morgan fingerprint density at radius 1 is 1.06 bits per heavy atom. The van der Waals surface area contributed by atoms with Gasteiger partial charge in [-0.3, -0.25) is 4.79 Å². The van der Waals surface area contributed by atoms with Crippen LogP contribution in [0.5, 0.6) is 17.2 Å². The first-order valence-corrected chi connectivity index (χ1v) is 10.6. The van der Waals surface area contributed by atoms with E-state index < -0.39 is 28.6 Å². The number of carbonyl (C=O) groups is 1. The molecule has 0 saturated carbocycles. The smallest absolute Gasteiger partial charge is 0.387 e. The Balaban J connectivity index is 2.06. The van der Waals surface area contributed by atoms with Crippen LogP contribution in [0, 0.1) is 0 Å². The number of alkyl halides is 2. The maximum atomic E-state index is 12.6. The second-order valence-electron chi connectivity index (χ2n) is 6.58. The first-order valence-electron chi connectivity index (χ1n) is 9.10. The number of methoxy groups -OCH3 is 2. The van der Waals surface area contributed by atoms with Crippen molar-refractivity contribution in [3.8, 4) is 17.2 Å². The van der Waals surface area contributed by atoms with Gasteiger partial charge < -0.3 is 19.1 Å². The number of nitrogens with one attached hydrogen (secondary N) is 1. The van der Waals surface area contributed by atoms with Crippen LogP contribution in [-0.2, 0) is 21.4 Å². The van der Waals surface area contributed by atoms with Gasteiger partial charge in [-0.2, -0.15) is 13.5 Å². The highest BCUT2D eigenvalue weighted by molar-refractivity contribution is 7.89. The number of ether oxygens (including phenoxy) is 3. The summed E-state index contributed by atoms with van der Waals surface area (Å²) in [6.45, 7) is -1.47. The van der Waals surface area contributed by atoms with Gasteiger partial charge >= 0.3 is 6.61 Å². The average Bonchev–Trinajstić information content (AvgIpc) is 2.73. The molecule has 0 aromatic heterocycles. The summed E-state index contributed by atoms with van der Waals surface area (Å²) < 4.78 is 66.7. The SMILES string of the molecule is COc1ccc(S(=O)(=O)N[C@@H](C)C(=O)N(C)Cc2ccc(OC(F)F)c(OC)c2)cc1. The number of carbonyl (C=O) groups excluding carboxylic acids is 1. The van der Waals surface area contributed by atoms with Crippen molar-refractivity contribution in [1.82, 2.24) is 9.62 Å². The highest BCUT2D eigenvalue weighted by Gasteiger charge is 2.24. The van der Waals surface area contributed by atoms with Crippen molar-refractivity contribution < 1.29 is 36.2 Å². The molecule has 2 rings (SSSR count). The van der Waals surface area contributed by atoms with Crippen LogP contribution in [0.25, 0.3) is 0 Å². The highest BCUT2D eigenvalue weighted by atomic mass is 32.2. The molecule has 2 aromatic rings. The van der Waals surface area contributed by atoms with Crippen molar-refractivity contribution in [2.45, 2.75) is 31.0 Å². The first-order chi connectivity index (χ1) is 14.6. The van der Waals surface area contributed by atoms with Crippen molar-refractivity contribution >= 4 is 15.9 Å². The molecule has 0 fully saturated rings.